The van der Waals surface area contributed by atoms with Gasteiger partial charge in [-0.1, -0.05) is 37.3 Å². The predicted molar refractivity (Wildman–Crippen MR) is 86.4 cm³/mol. The van der Waals surface area contributed by atoms with E-state index in [9.17, 15) is 8.42 Å². The molecule has 0 aromatic carbocycles. The maximum atomic E-state index is 12.1. The summed E-state index contributed by atoms with van der Waals surface area (Å²) in [7, 11) is -3.48. The summed E-state index contributed by atoms with van der Waals surface area (Å²) >= 11 is 6.82. The minimum atomic E-state index is -3.48. The van der Waals surface area contributed by atoms with E-state index >= 15 is 0 Å². The number of thiophene rings is 1. The van der Waals surface area contributed by atoms with E-state index in [1.54, 1.807) is 6.07 Å². The second-order valence-electron chi connectivity index (χ2n) is 5.16. The lowest BCUT2D eigenvalue weighted by molar-refractivity contribution is 0.369. The number of halogens is 2. The molecule has 1 aliphatic carbocycles. The first-order chi connectivity index (χ1) is 8.91. The van der Waals surface area contributed by atoms with Gasteiger partial charge in [0.15, 0.2) is 0 Å². The third-order valence-electron chi connectivity index (χ3n) is 3.53. The Hall–Kier alpha value is 0.150. The highest BCUT2D eigenvalue weighted by Crippen LogP contribution is 2.27. The fraction of sp³-hybridized carbons (Fsp3) is 0.667. The molecule has 0 aliphatic heterocycles. The largest absolute Gasteiger partial charge is 0.324 e. The van der Waals surface area contributed by atoms with E-state index in [1.807, 2.05) is 0 Å². The Labute approximate surface area is 135 Å². The summed E-state index contributed by atoms with van der Waals surface area (Å²) in [6.45, 7) is 0.296. The van der Waals surface area contributed by atoms with Gasteiger partial charge in [-0.25, -0.2) is 13.1 Å². The van der Waals surface area contributed by atoms with Crippen LogP contribution >= 0.6 is 35.3 Å². The topological polar surface area (TPSA) is 72.2 Å². The molecular weight excluding hydrogens is 339 g/mol. The number of rotatable bonds is 4. The van der Waals surface area contributed by atoms with Gasteiger partial charge in [-0.15, -0.1) is 23.7 Å². The molecule has 20 heavy (non-hydrogen) atoms. The molecule has 0 unspecified atom stereocenters. The lowest BCUT2D eigenvalue weighted by atomic mass is 9.92. The summed E-state index contributed by atoms with van der Waals surface area (Å²) in [5.41, 5.74) is 5.89. The molecule has 1 aromatic heterocycles. The van der Waals surface area contributed by atoms with Crippen molar-refractivity contribution in [1.29, 1.82) is 0 Å². The van der Waals surface area contributed by atoms with Crippen molar-refractivity contribution in [2.75, 3.05) is 6.54 Å². The van der Waals surface area contributed by atoms with Crippen molar-refractivity contribution in [2.24, 2.45) is 5.73 Å². The number of nitrogens with one attached hydrogen (secondary N) is 1. The lowest BCUT2D eigenvalue weighted by Gasteiger charge is -2.28. The lowest BCUT2D eigenvalue weighted by Crippen LogP contribution is -2.49. The average molecular weight is 359 g/mol. The highest BCUT2D eigenvalue weighted by atomic mass is 35.5. The molecule has 0 radical (unpaired) electrons. The number of hydrogen-bond acceptors (Lipinski definition) is 4. The van der Waals surface area contributed by atoms with Crippen LogP contribution in [0.15, 0.2) is 16.3 Å². The molecule has 0 atom stereocenters. The molecule has 4 nitrogen and oxygen atoms in total. The summed E-state index contributed by atoms with van der Waals surface area (Å²) in [5, 5.41) is 0. The van der Waals surface area contributed by atoms with E-state index in [1.165, 1.54) is 18.9 Å². The number of hydrogen-bond donors (Lipinski definition) is 2. The molecule has 0 amide bonds. The zero-order chi connectivity index (χ0) is 13.9. The third kappa shape index (κ3) is 4.86. The van der Waals surface area contributed by atoms with Crippen molar-refractivity contribution in [3.05, 3.63) is 16.5 Å². The van der Waals surface area contributed by atoms with Gasteiger partial charge in [0.05, 0.1) is 4.34 Å². The molecule has 3 N–H and O–H groups in total. The van der Waals surface area contributed by atoms with Crippen molar-refractivity contribution in [3.8, 4) is 0 Å². The smallest absolute Gasteiger partial charge is 0.250 e. The summed E-state index contributed by atoms with van der Waals surface area (Å²) in [5.74, 6) is 0. The van der Waals surface area contributed by atoms with Crippen molar-refractivity contribution < 1.29 is 8.42 Å². The summed E-state index contributed by atoms with van der Waals surface area (Å²) in [4.78, 5) is 0. The minimum absolute atomic E-state index is 0. The minimum Gasteiger partial charge on any atom is -0.324 e. The van der Waals surface area contributed by atoms with Crippen molar-refractivity contribution in [3.63, 3.8) is 0 Å². The fourth-order valence-electron chi connectivity index (χ4n) is 2.36. The quantitative estimate of drug-likeness (QED) is 0.811. The molecular formula is C12H20Cl2N2O2S2. The summed E-state index contributed by atoms with van der Waals surface area (Å²) in [6.07, 6.45) is 6.27. The van der Waals surface area contributed by atoms with Crippen molar-refractivity contribution >= 4 is 45.4 Å². The van der Waals surface area contributed by atoms with Gasteiger partial charge in [0.2, 0.25) is 10.0 Å². The fourth-order valence-corrected chi connectivity index (χ4v) is 5.03. The number of nitrogens with two attached hydrogens (primary N) is 1. The molecule has 1 heterocycles. The average Bonchev–Trinajstić information content (AvgIpc) is 2.68. The molecule has 0 spiro atoms. The third-order valence-corrected chi connectivity index (χ3v) is 6.65. The second-order valence-corrected chi connectivity index (χ2v) is 8.87. The molecule has 1 fully saturated rings. The standard InChI is InChI=1S/C12H19ClN2O2S2.ClH/c13-10-5-6-11(18-10)19(16,17)15-9-12(14)7-3-1-2-4-8-12;/h5-6,15H,1-4,7-9,14H2;1H. The molecule has 116 valence electrons. The van der Waals surface area contributed by atoms with Crippen LogP contribution in [0.25, 0.3) is 0 Å². The maximum absolute atomic E-state index is 12.1. The Bertz CT molecular complexity index is 523. The van der Waals surface area contributed by atoms with Crippen LogP contribution in [-0.4, -0.2) is 20.5 Å². The molecule has 0 saturated heterocycles. The van der Waals surface area contributed by atoms with Crippen LogP contribution in [0.1, 0.15) is 38.5 Å². The maximum Gasteiger partial charge on any atom is 0.250 e. The Morgan fingerprint density at radius 2 is 1.85 bits per heavy atom. The first-order valence-electron chi connectivity index (χ1n) is 6.45. The van der Waals surface area contributed by atoms with Gasteiger partial charge in [0.1, 0.15) is 4.21 Å². The van der Waals surface area contributed by atoms with Gasteiger partial charge in [-0.2, -0.15) is 0 Å². The van der Waals surface area contributed by atoms with Crippen LogP contribution in [0, 0.1) is 0 Å². The van der Waals surface area contributed by atoms with E-state index in [0.29, 0.717) is 10.9 Å². The zero-order valence-corrected chi connectivity index (χ0v) is 14.3. The van der Waals surface area contributed by atoms with Crippen molar-refractivity contribution in [1.82, 2.24) is 4.72 Å². The highest BCUT2D eigenvalue weighted by molar-refractivity contribution is 7.91. The van der Waals surface area contributed by atoms with Crippen LogP contribution < -0.4 is 10.5 Å². The molecule has 1 saturated carbocycles. The van der Waals surface area contributed by atoms with E-state index in [-0.39, 0.29) is 16.6 Å². The second kappa shape index (κ2) is 7.42. The van der Waals surface area contributed by atoms with Gasteiger partial charge in [-0.3, -0.25) is 0 Å². The number of sulfonamides is 1. The Balaban J connectivity index is 0.00000200. The van der Waals surface area contributed by atoms with Crippen LogP contribution in [0.4, 0.5) is 0 Å². The highest BCUT2D eigenvalue weighted by Gasteiger charge is 2.28. The van der Waals surface area contributed by atoms with Crippen LogP contribution in [0.5, 0.6) is 0 Å². The van der Waals surface area contributed by atoms with Crippen LogP contribution in [-0.2, 0) is 10.0 Å². The molecule has 8 heteroatoms. The Morgan fingerprint density at radius 1 is 1.25 bits per heavy atom. The van der Waals surface area contributed by atoms with E-state index in [4.69, 9.17) is 17.3 Å². The molecule has 2 rings (SSSR count). The first kappa shape index (κ1) is 18.2. The normalized spacial score (nSPS) is 19.1. The van der Waals surface area contributed by atoms with Gasteiger partial charge < -0.3 is 5.73 Å². The molecule has 1 aromatic rings. The SMILES string of the molecule is Cl.NC1(CNS(=O)(=O)c2ccc(Cl)s2)CCCCCC1. The van der Waals surface area contributed by atoms with Gasteiger partial charge in [-0.05, 0) is 25.0 Å². The summed E-state index contributed by atoms with van der Waals surface area (Å²) < 4.78 is 27.5. The monoisotopic (exact) mass is 358 g/mol. The van der Waals surface area contributed by atoms with Crippen LogP contribution in [0.2, 0.25) is 4.34 Å². The predicted octanol–water partition coefficient (Wildman–Crippen LogP) is 3.15. The molecule has 1 aliphatic rings. The van der Waals surface area contributed by atoms with E-state index in [2.05, 4.69) is 4.72 Å². The summed E-state index contributed by atoms with van der Waals surface area (Å²) in [6, 6.07) is 3.11. The zero-order valence-electron chi connectivity index (χ0n) is 11.1. The van der Waals surface area contributed by atoms with Gasteiger partial charge in [0, 0.05) is 12.1 Å². The Kier molecular flexibility index (Phi) is 6.76. The Morgan fingerprint density at radius 3 is 2.35 bits per heavy atom. The van der Waals surface area contributed by atoms with E-state index < -0.39 is 15.6 Å². The van der Waals surface area contributed by atoms with Crippen LogP contribution in [0.3, 0.4) is 0 Å². The van der Waals surface area contributed by atoms with Gasteiger partial charge >= 0.3 is 0 Å². The van der Waals surface area contributed by atoms with E-state index in [0.717, 1.165) is 37.0 Å². The first-order valence-corrected chi connectivity index (χ1v) is 9.13. The molecule has 0 bridgehead atoms. The van der Waals surface area contributed by atoms with Crippen molar-refractivity contribution in [2.45, 2.75) is 48.3 Å². The van der Waals surface area contributed by atoms with Gasteiger partial charge in [0.25, 0.3) is 0 Å².